The van der Waals surface area contributed by atoms with Crippen molar-refractivity contribution in [3.8, 4) is 0 Å². The number of rotatable bonds is 5. The fourth-order valence-corrected chi connectivity index (χ4v) is 4.67. The van der Waals surface area contributed by atoms with Gasteiger partial charge < -0.3 is 16.0 Å². The molecular formula is C20H23ClN4O3S. The zero-order chi connectivity index (χ0) is 19.6. The summed E-state index contributed by atoms with van der Waals surface area (Å²) in [6, 6.07) is 13.6. The van der Waals surface area contributed by atoms with E-state index in [1.54, 1.807) is 42.5 Å². The molecule has 4 rings (SSSR count). The van der Waals surface area contributed by atoms with Gasteiger partial charge in [-0.25, -0.2) is 0 Å². The largest absolute Gasteiger partial charge is 0.352 e. The Balaban J connectivity index is 0.00000240. The van der Waals surface area contributed by atoms with Gasteiger partial charge in [-0.15, -0.1) is 16.8 Å². The molecule has 29 heavy (non-hydrogen) atoms. The second kappa shape index (κ2) is 8.94. The van der Waals surface area contributed by atoms with Crippen molar-refractivity contribution >= 4 is 39.9 Å². The summed E-state index contributed by atoms with van der Waals surface area (Å²) in [5.74, 6) is 0.819. The Morgan fingerprint density at radius 3 is 2.62 bits per heavy atom. The first kappa shape index (κ1) is 21.3. The molecule has 1 fully saturated rings. The van der Waals surface area contributed by atoms with E-state index < -0.39 is 10.0 Å². The van der Waals surface area contributed by atoms with Crippen molar-refractivity contribution in [1.29, 1.82) is 0 Å². The highest BCUT2D eigenvalue weighted by atomic mass is 35.5. The Labute approximate surface area is 176 Å². The summed E-state index contributed by atoms with van der Waals surface area (Å²) in [7, 11) is -3.66. The monoisotopic (exact) mass is 434 g/mol. The Morgan fingerprint density at radius 1 is 1.14 bits per heavy atom. The van der Waals surface area contributed by atoms with E-state index >= 15 is 0 Å². The second-order valence-electron chi connectivity index (χ2n) is 7.02. The maximum absolute atomic E-state index is 12.3. The molecular weight excluding hydrogens is 412 g/mol. The number of halogens is 1. The number of amidine groups is 1. The van der Waals surface area contributed by atoms with Crippen LogP contribution in [0.3, 0.4) is 0 Å². The molecule has 2 heterocycles. The van der Waals surface area contributed by atoms with Crippen LogP contribution in [0.25, 0.3) is 0 Å². The molecule has 0 saturated carbocycles. The van der Waals surface area contributed by atoms with Crippen LogP contribution in [0.1, 0.15) is 28.8 Å². The van der Waals surface area contributed by atoms with E-state index in [0.717, 1.165) is 19.5 Å². The number of benzene rings is 2. The number of sulfonamides is 1. The standard InChI is InChI=1S/C20H22N4O3S.ClH/c25-20(22-12-10-14-9-11-21-13-14)15-5-7-16(8-6-15)23-19-17-3-1-2-4-18(17)28(26,27)24-19;/h1-8,14,21H,9-13H2,(H,22,25)(H,23,24);1H. The van der Waals surface area contributed by atoms with Crippen LogP contribution in [0.15, 0.2) is 57.8 Å². The average molecular weight is 435 g/mol. The molecule has 0 aliphatic carbocycles. The molecule has 0 aromatic heterocycles. The zero-order valence-electron chi connectivity index (χ0n) is 15.7. The Kier molecular flexibility index (Phi) is 6.56. The molecule has 2 aliphatic heterocycles. The number of hydrogen-bond acceptors (Lipinski definition) is 5. The SMILES string of the molecule is Cl.O=C(NCCC1CCNC1)c1ccc(NC2=NS(=O)(=O)c3ccccc32)cc1. The van der Waals surface area contributed by atoms with Crippen LogP contribution in [0, 0.1) is 5.92 Å². The smallest absolute Gasteiger partial charge is 0.285 e. The molecule has 3 N–H and O–H groups in total. The van der Waals surface area contributed by atoms with Gasteiger partial charge in [-0.2, -0.15) is 8.42 Å². The maximum Gasteiger partial charge on any atom is 0.285 e. The molecule has 1 unspecified atom stereocenters. The zero-order valence-corrected chi connectivity index (χ0v) is 17.4. The quantitative estimate of drug-likeness (QED) is 0.671. The fourth-order valence-electron chi connectivity index (χ4n) is 3.49. The first-order valence-corrected chi connectivity index (χ1v) is 10.8. The number of hydrogen-bond donors (Lipinski definition) is 3. The van der Waals surface area contributed by atoms with Gasteiger partial charge >= 0.3 is 0 Å². The van der Waals surface area contributed by atoms with Crippen molar-refractivity contribution in [3.63, 3.8) is 0 Å². The first-order chi connectivity index (χ1) is 13.5. The molecule has 0 bridgehead atoms. The lowest BCUT2D eigenvalue weighted by atomic mass is 10.1. The fraction of sp³-hybridized carbons (Fsp3) is 0.300. The molecule has 7 nitrogen and oxygen atoms in total. The Bertz CT molecular complexity index is 1020. The van der Waals surface area contributed by atoms with E-state index in [0.29, 0.717) is 29.3 Å². The van der Waals surface area contributed by atoms with Crippen molar-refractivity contribution in [3.05, 3.63) is 59.7 Å². The van der Waals surface area contributed by atoms with E-state index in [4.69, 9.17) is 0 Å². The molecule has 9 heteroatoms. The Morgan fingerprint density at radius 2 is 1.90 bits per heavy atom. The Hall–Kier alpha value is -2.42. The normalized spacial score (nSPS) is 19.0. The van der Waals surface area contributed by atoms with Gasteiger partial charge in [0.1, 0.15) is 4.90 Å². The van der Waals surface area contributed by atoms with Gasteiger partial charge in [-0.1, -0.05) is 12.1 Å². The van der Waals surface area contributed by atoms with E-state index in [1.807, 2.05) is 0 Å². The maximum atomic E-state index is 12.3. The van der Waals surface area contributed by atoms with Crippen LogP contribution in [-0.2, 0) is 10.0 Å². The molecule has 2 aliphatic rings. The van der Waals surface area contributed by atoms with E-state index in [1.165, 1.54) is 12.5 Å². The van der Waals surface area contributed by atoms with Gasteiger partial charge in [-0.05, 0) is 68.2 Å². The van der Waals surface area contributed by atoms with Gasteiger partial charge in [0, 0.05) is 23.4 Å². The summed E-state index contributed by atoms with van der Waals surface area (Å²) < 4.78 is 28.0. The molecule has 1 atom stereocenters. The number of nitrogens with zero attached hydrogens (tertiary/aromatic N) is 1. The van der Waals surface area contributed by atoms with Gasteiger partial charge in [0.2, 0.25) is 0 Å². The minimum absolute atomic E-state index is 0. The summed E-state index contributed by atoms with van der Waals surface area (Å²) in [5.41, 5.74) is 1.78. The van der Waals surface area contributed by atoms with E-state index in [-0.39, 0.29) is 29.0 Å². The van der Waals surface area contributed by atoms with Crippen molar-refractivity contribution in [1.82, 2.24) is 10.6 Å². The summed E-state index contributed by atoms with van der Waals surface area (Å²) in [5, 5.41) is 9.31. The molecule has 154 valence electrons. The minimum atomic E-state index is -3.66. The van der Waals surface area contributed by atoms with E-state index in [9.17, 15) is 13.2 Å². The first-order valence-electron chi connectivity index (χ1n) is 9.33. The van der Waals surface area contributed by atoms with Crippen molar-refractivity contribution in [2.45, 2.75) is 17.7 Å². The number of carbonyl (C=O) groups excluding carboxylic acids is 1. The van der Waals surface area contributed by atoms with Crippen molar-refractivity contribution in [2.24, 2.45) is 10.3 Å². The lowest BCUT2D eigenvalue weighted by molar-refractivity contribution is 0.0951. The number of carbonyl (C=O) groups is 1. The summed E-state index contributed by atoms with van der Waals surface area (Å²) in [4.78, 5) is 12.5. The molecule has 0 radical (unpaired) electrons. The van der Waals surface area contributed by atoms with Crippen LogP contribution in [-0.4, -0.2) is 39.8 Å². The number of amides is 1. The number of anilines is 1. The number of nitrogens with one attached hydrogen (secondary N) is 3. The molecule has 1 saturated heterocycles. The predicted octanol–water partition coefficient (Wildman–Crippen LogP) is 2.40. The summed E-state index contributed by atoms with van der Waals surface area (Å²) >= 11 is 0. The predicted molar refractivity (Wildman–Crippen MR) is 115 cm³/mol. The highest BCUT2D eigenvalue weighted by molar-refractivity contribution is 7.90. The van der Waals surface area contributed by atoms with Gasteiger partial charge in [0.25, 0.3) is 15.9 Å². The van der Waals surface area contributed by atoms with E-state index in [2.05, 4.69) is 20.3 Å². The second-order valence-corrected chi connectivity index (χ2v) is 8.59. The topological polar surface area (TPSA) is 99.7 Å². The van der Waals surface area contributed by atoms with Crippen LogP contribution in [0.5, 0.6) is 0 Å². The van der Waals surface area contributed by atoms with Gasteiger partial charge in [0.05, 0.1) is 0 Å². The minimum Gasteiger partial charge on any atom is -0.352 e. The van der Waals surface area contributed by atoms with Gasteiger partial charge in [-0.3, -0.25) is 4.79 Å². The third-order valence-corrected chi connectivity index (χ3v) is 6.38. The highest BCUT2D eigenvalue weighted by Crippen LogP contribution is 2.26. The lowest BCUT2D eigenvalue weighted by Gasteiger charge is -2.10. The van der Waals surface area contributed by atoms with Crippen LogP contribution < -0.4 is 16.0 Å². The van der Waals surface area contributed by atoms with Crippen molar-refractivity contribution < 1.29 is 13.2 Å². The lowest BCUT2D eigenvalue weighted by Crippen LogP contribution is -2.26. The van der Waals surface area contributed by atoms with Crippen LogP contribution >= 0.6 is 12.4 Å². The molecule has 0 spiro atoms. The van der Waals surface area contributed by atoms with Crippen LogP contribution in [0.4, 0.5) is 5.69 Å². The number of fused-ring (bicyclic) bond motifs is 1. The van der Waals surface area contributed by atoms with Crippen LogP contribution in [0.2, 0.25) is 0 Å². The highest BCUT2D eigenvalue weighted by Gasteiger charge is 2.28. The summed E-state index contributed by atoms with van der Waals surface area (Å²) in [6.45, 7) is 2.75. The molecule has 2 aromatic carbocycles. The third-order valence-electron chi connectivity index (χ3n) is 5.04. The van der Waals surface area contributed by atoms with Crippen molar-refractivity contribution in [2.75, 3.05) is 25.0 Å². The molecule has 1 amide bonds. The molecule has 2 aromatic rings. The third kappa shape index (κ3) is 4.77. The van der Waals surface area contributed by atoms with Gasteiger partial charge in [0.15, 0.2) is 5.84 Å². The summed E-state index contributed by atoms with van der Waals surface area (Å²) in [6.07, 6.45) is 2.14. The average Bonchev–Trinajstić information content (AvgIpc) is 3.29.